The maximum atomic E-state index is 11.7. The van der Waals surface area contributed by atoms with Crippen molar-refractivity contribution in [1.82, 2.24) is 10.3 Å². The fourth-order valence-electron chi connectivity index (χ4n) is 2.11. The summed E-state index contributed by atoms with van der Waals surface area (Å²) in [5, 5.41) is 15.8. The van der Waals surface area contributed by atoms with Crippen LogP contribution < -0.4 is 10.6 Å². The molecule has 1 aromatic carbocycles. The standard InChI is InChI=1S/C15H15N3O3/c19-14(17-9-5-6-9)8-16-12-7-13(15(20)21)18-11-4-2-1-3-10(11)12/h1-4,7,9H,5-6,8H2,(H,16,18)(H,17,19)(H,20,21). The Hall–Kier alpha value is -2.63. The molecule has 0 radical (unpaired) electrons. The number of aromatic carboxylic acids is 1. The molecule has 3 N–H and O–H groups in total. The van der Waals surface area contributed by atoms with Crippen LogP contribution in [0, 0.1) is 0 Å². The fourth-order valence-corrected chi connectivity index (χ4v) is 2.11. The van der Waals surface area contributed by atoms with Crippen molar-refractivity contribution < 1.29 is 14.7 Å². The monoisotopic (exact) mass is 285 g/mol. The summed E-state index contributed by atoms with van der Waals surface area (Å²) >= 11 is 0. The van der Waals surface area contributed by atoms with Gasteiger partial charge in [-0.05, 0) is 25.0 Å². The van der Waals surface area contributed by atoms with Gasteiger partial charge in [-0.1, -0.05) is 18.2 Å². The number of benzene rings is 1. The van der Waals surface area contributed by atoms with E-state index in [1.807, 2.05) is 12.1 Å². The molecule has 6 nitrogen and oxygen atoms in total. The highest BCUT2D eigenvalue weighted by Gasteiger charge is 2.23. The number of para-hydroxylation sites is 1. The number of amides is 1. The number of carboxylic acid groups (broad SMARTS) is 1. The topological polar surface area (TPSA) is 91.3 Å². The highest BCUT2D eigenvalue weighted by Crippen LogP contribution is 2.23. The summed E-state index contributed by atoms with van der Waals surface area (Å²) in [5.74, 6) is -1.18. The number of carbonyl (C=O) groups excluding carboxylic acids is 1. The number of aromatic nitrogens is 1. The third-order valence-corrected chi connectivity index (χ3v) is 3.32. The molecule has 6 heteroatoms. The predicted octanol–water partition coefficient (Wildman–Crippen LogP) is 1.62. The van der Waals surface area contributed by atoms with Gasteiger partial charge in [-0.15, -0.1) is 0 Å². The lowest BCUT2D eigenvalue weighted by Gasteiger charge is -2.10. The molecule has 1 saturated carbocycles. The van der Waals surface area contributed by atoms with Crippen molar-refractivity contribution in [1.29, 1.82) is 0 Å². The maximum absolute atomic E-state index is 11.7. The molecule has 0 spiro atoms. The molecule has 1 aromatic heterocycles. The smallest absolute Gasteiger partial charge is 0.354 e. The van der Waals surface area contributed by atoms with E-state index in [2.05, 4.69) is 15.6 Å². The lowest BCUT2D eigenvalue weighted by molar-refractivity contribution is -0.119. The van der Waals surface area contributed by atoms with E-state index >= 15 is 0 Å². The minimum Gasteiger partial charge on any atom is -0.477 e. The highest BCUT2D eigenvalue weighted by atomic mass is 16.4. The number of carboxylic acids is 1. The summed E-state index contributed by atoms with van der Waals surface area (Å²) in [6, 6.07) is 8.99. The molecular weight excluding hydrogens is 270 g/mol. The van der Waals surface area contributed by atoms with Gasteiger partial charge in [0.2, 0.25) is 5.91 Å². The highest BCUT2D eigenvalue weighted by molar-refractivity contribution is 5.98. The van der Waals surface area contributed by atoms with Crippen LogP contribution in [0.5, 0.6) is 0 Å². The van der Waals surface area contributed by atoms with Gasteiger partial charge in [-0.3, -0.25) is 4.79 Å². The number of nitrogens with zero attached hydrogens (tertiary/aromatic N) is 1. The quantitative estimate of drug-likeness (QED) is 0.776. The molecular formula is C15H15N3O3. The number of hydrogen-bond donors (Lipinski definition) is 3. The summed E-state index contributed by atoms with van der Waals surface area (Å²) in [5.41, 5.74) is 1.14. The average Bonchev–Trinajstić information content (AvgIpc) is 3.28. The van der Waals surface area contributed by atoms with Gasteiger partial charge >= 0.3 is 5.97 Å². The first-order valence-electron chi connectivity index (χ1n) is 6.80. The van der Waals surface area contributed by atoms with Gasteiger partial charge in [0.05, 0.1) is 12.1 Å². The Balaban J connectivity index is 1.84. The zero-order chi connectivity index (χ0) is 14.8. The first kappa shape index (κ1) is 13.4. The Morgan fingerprint density at radius 3 is 2.76 bits per heavy atom. The van der Waals surface area contributed by atoms with Crippen molar-refractivity contribution in [3.63, 3.8) is 0 Å². The van der Waals surface area contributed by atoms with Crippen molar-refractivity contribution in [2.24, 2.45) is 0 Å². The van der Waals surface area contributed by atoms with E-state index in [-0.39, 0.29) is 18.1 Å². The van der Waals surface area contributed by atoms with Gasteiger partial charge in [0.15, 0.2) is 5.69 Å². The third kappa shape index (κ3) is 3.10. The van der Waals surface area contributed by atoms with Gasteiger partial charge in [0, 0.05) is 17.1 Å². The molecule has 0 atom stereocenters. The van der Waals surface area contributed by atoms with Gasteiger partial charge in [-0.25, -0.2) is 9.78 Å². The van der Waals surface area contributed by atoms with Gasteiger partial charge in [0.1, 0.15) is 0 Å². The number of fused-ring (bicyclic) bond motifs is 1. The summed E-state index contributed by atoms with van der Waals surface area (Å²) in [6.07, 6.45) is 2.07. The van der Waals surface area contributed by atoms with E-state index < -0.39 is 5.97 Å². The number of rotatable bonds is 5. The lowest BCUT2D eigenvalue weighted by Crippen LogP contribution is -2.31. The van der Waals surface area contributed by atoms with E-state index in [1.165, 1.54) is 6.07 Å². The van der Waals surface area contributed by atoms with E-state index in [9.17, 15) is 9.59 Å². The number of anilines is 1. The van der Waals surface area contributed by atoms with Crippen molar-refractivity contribution in [3.8, 4) is 0 Å². The van der Waals surface area contributed by atoms with Crippen LogP contribution in [0.15, 0.2) is 30.3 Å². The van der Waals surface area contributed by atoms with Crippen LogP contribution in [0.1, 0.15) is 23.3 Å². The number of nitrogens with one attached hydrogen (secondary N) is 2. The molecule has 1 aliphatic rings. The Kier molecular flexibility index (Phi) is 3.43. The second-order valence-corrected chi connectivity index (χ2v) is 5.07. The summed E-state index contributed by atoms with van der Waals surface area (Å²) < 4.78 is 0. The maximum Gasteiger partial charge on any atom is 0.354 e. The zero-order valence-electron chi connectivity index (χ0n) is 11.3. The second kappa shape index (κ2) is 5.40. The van der Waals surface area contributed by atoms with E-state index in [1.54, 1.807) is 12.1 Å². The van der Waals surface area contributed by atoms with E-state index in [0.29, 0.717) is 17.2 Å². The molecule has 1 aliphatic carbocycles. The van der Waals surface area contributed by atoms with Crippen LogP contribution in [-0.2, 0) is 4.79 Å². The van der Waals surface area contributed by atoms with Crippen LogP contribution in [0.3, 0.4) is 0 Å². The van der Waals surface area contributed by atoms with Crippen molar-refractivity contribution >= 4 is 28.5 Å². The number of pyridine rings is 1. The molecule has 0 saturated heterocycles. The third-order valence-electron chi connectivity index (χ3n) is 3.32. The van der Waals surface area contributed by atoms with E-state index in [0.717, 1.165) is 18.2 Å². The van der Waals surface area contributed by atoms with Crippen LogP contribution in [0.2, 0.25) is 0 Å². The van der Waals surface area contributed by atoms with Crippen LogP contribution >= 0.6 is 0 Å². The van der Waals surface area contributed by atoms with Gasteiger partial charge in [-0.2, -0.15) is 0 Å². The molecule has 0 bridgehead atoms. The lowest BCUT2D eigenvalue weighted by atomic mass is 10.1. The SMILES string of the molecule is O=C(CNc1cc(C(=O)O)nc2ccccc12)NC1CC1. The average molecular weight is 285 g/mol. The molecule has 3 rings (SSSR count). The molecule has 1 fully saturated rings. The Morgan fingerprint density at radius 1 is 1.29 bits per heavy atom. The minimum atomic E-state index is -1.09. The minimum absolute atomic E-state index is 0.0428. The van der Waals surface area contributed by atoms with Crippen LogP contribution in [0.4, 0.5) is 5.69 Å². The van der Waals surface area contributed by atoms with Crippen LogP contribution in [0.25, 0.3) is 10.9 Å². The Morgan fingerprint density at radius 2 is 2.05 bits per heavy atom. The van der Waals surface area contributed by atoms with Crippen molar-refractivity contribution in [3.05, 3.63) is 36.0 Å². The summed E-state index contributed by atoms with van der Waals surface area (Å²) in [6.45, 7) is 0.115. The Bertz CT molecular complexity index is 710. The van der Waals surface area contributed by atoms with E-state index in [4.69, 9.17) is 5.11 Å². The fraction of sp³-hybridized carbons (Fsp3) is 0.267. The number of carbonyl (C=O) groups is 2. The molecule has 0 unspecified atom stereocenters. The molecule has 2 aromatic rings. The van der Waals surface area contributed by atoms with Crippen LogP contribution in [-0.4, -0.2) is 34.6 Å². The zero-order valence-corrected chi connectivity index (χ0v) is 11.3. The van der Waals surface area contributed by atoms with Crippen molar-refractivity contribution in [2.75, 3.05) is 11.9 Å². The van der Waals surface area contributed by atoms with Gasteiger partial charge in [0.25, 0.3) is 0 Å². The predicted molar refractivity (Wildman–Crippen MR) is 78.4 cm³/mol. The van der Waals surface area contributed by atoms with Crippen molar-refractivity contribution in [2.45, 2.75) is 18.9 Å². The first-order valence-corrected chi connectivity index (χ1v) is 6.80. The molecule has 1 heterocycles. The molecule has 21 heavy (non-hydrogen) atoms. The second-order valence-electron chi connectivity index (χ2n) is 5.07. The number of hydrogen-bond acceptors (Lipinski definition) is 4. The molecule has 1 amide bonds. The Labute approximate surface area is 121 Å². The largest absolute Gasteiger partial charge is 0.477 e. The first-order chi connectivity index (χ1) is 10.1. The summed E-state index contributed by atoms with van der Waals surface area (Å²) in [7, 11) is 0. The van der Waals surface area contributed by atoms with Gasteiger partial charge < -0.3 is 15.7 Å². The molecule has 108 valence electrons. The molecule has 0 aliphatic heterocycles. The summed E-state index contributed by atoms with van der Waals surface area (Å²) in [4.78, 5) is 26.9. The normalized spacial score (nSPS) is 13.9.